The molecule has 0 bridgehead atoms. The van der Waals surface area contributed by atoms with Crippen LogP contribution >= 0.6 is 0 Å². The van der Waals surface area contributed by atoms with Gasteiger partial charge in [0.2, 0.25) is 5.96 Å². The van der Waals surface area contributed by atoms with Crippen molar-refractivity contribution in [1.29, 1.82) is 0 Å². The van der Waals surface area contributed by atoms with Crippen molar-refractivity contribution in [3.8, 4) is 0 Å². The quantitative estimate of drug-likeness (QED) is 0.0686. The minimum absolute atomic E-state index is 0.191. The molecule has 33 heavy (non-hydrogen) atoms. The van der Waals surface area contributed by atoms with Gasteiger partial charge in [0.25, 0.3) is 0 Å². The Morgan fingerprint density at radius 3 is 1.61 bits per heavy atom. The number of aliphatic carboxylic acids is 2. The van der Waals surface area contributed by atoms with E-state index in [-0.39, 0.29) is 5.96 Å². The molecule has 194 valence electrons. The summed E-state index contributed by atoms with van der Waals surface area (Å²) in [5, 5.41) is 24.4. The van der Waals surface area contributed by atoms with Crippen LogP contribution in [0, 0.1) is 5.92 Å². The Morgan fingerprint density at radius 1 is 0.697 bits per heavy atom. The van der Waals surface area contributed by atoms with E-state index >= 15 is 0 Å². The second-order valence-electron chi connectivity index (χ2n) is 9.19. The number of guanidine groups is 1. The number of nitrogens with two attached hydrogens (primary N) is 2. The summed E-state index contributed by atoms with van der Waals surface area (Å²) in [6.45, 7) is 4.46. The predicted molar refractivity (Wildman–Crippen MR) is 135 cm³/mol. The molecular formula is C25H50N4O4. The SMILES string of the molecule is CCCCCCCCCCCCCC[C@@H](CCCN(N=C(N)N)[C@@H](CCC)C(=O)O)C(=O)O. The maximum atomic E-state index is 11.7. The highest BCUT2D eigenvalue weighted by Crippen LogP contribution is 2.19. The lowest BCUT2D eigenvalue weighted by atomic mass is 9.95. The van der Waals surface area contributed by atoms with E-state index in [9.17, 15) is 19.8 Å². The van der Waals surface area contributed by atoms with Crippen LogP contribution in [0.15, 0.2) is 5.10 Å². The summed E-state index contributed by atoms with van der Waals surface area (Å²) in [4.78, 5) is 23.2. The van der Waals surface area contributed by atoms with Crippen molar-refractivity contribution < 1.29 is 19.8 Å². The van der Waals surface area contributed by atoms with E-state index in [0.717, 1.165) is 19.3 Å². The number of hydrogen-bond acceptors (Lipinski definition) is 4. The number of hydrazone groups is 1. The van der Waals surface area contributed by atoms with E-state index in [1.807, 2.05) is 6.92 Å². The molecule has 8 nitrogen and oxygen atoms in total. The number of unbranched alkanes of at least 4 members (excludes halogenated alkanes) is 11. The molecular weight excluding hydrogens is 420 g/mol. The van der Waals surface area contributed by atoms with Crippen LogP contribution in [-0.4, -0.2) is 45.7 Å². The minimum Gasteiger partial charge on any atom is -0.481 e. The highest BCUT2D eigenvalue weighted by Gasteiger charge is 2.25. The second kappa shape index (κ2) is 20.6. The number of nitrogens with zero attached hydrogens (tertiary/aromatic N) is 2. The number of hydrogen-bond donors (Lipinski definition) is 4. The number of carboxylic acid groups (broad SMARTS) is 2. The van der Waals surface area contributed by atoms with Crippen molar-refractivity contribution >= 4 is 17.9 Å². The van der Waals surface area contributed by atoms with Crippen LogP contribution in [0.25, 0.3) is 0 Å². The van der Waals surface area contributed by atoms with Crippen LogP contribution in [-0.2, 0) is 9.59 Å². The topological polar surface area (TPSA) is 142 Å². The summed E-state index contributed by atoms with van der Waals surface area (Å²) in [6.07, 6.45) is 17.8. The normalized spacial score (nSPS) is 12.8. The summed E-state index contributed by atoms with van der Waals surface area (Å²) in [7, 11) is 0. The molecule has 0 spiro atoms. The monoisotopic (exact) mass is 470 g/mol. The van der Waals surface area contributed by atoms with Gasteiger partial charge in [0.15, 0.2) is 0 Å². The van der Waals surface area contributed by atoms with E-state index in [1.165, 1.54) is 62.8 Å². The zero-order valence-corrected chi connectivity index (χ0v) is 21.1. The Morgan fingerprint density at radius 2 is 1.18 bits per heavy atom. The maximum Gasteiger partial charge on any atom is 0.328 e. The molecule has 8 heteroatoms. The summed E-state index contributed by atoms with van der Waals surface area (Å²) < 4.78 is 0. The molecule has 0 saturated carbocycles. The van der Waals surface area contributed by atoms with E-state index in [1.54, 1.807) is 0 Å². The molecule has 0 heterocycles. The molecule has 0 fully saturated rings. The minimum atomic E-state index is -0.979. The Hall–Kier alpha value is -1.99. The maximum absolute atomic E-state index is 11.7. The molecule has 6 N–H and O–H groups in total. The summed E-state index contributed by atoms with van der Waals surface area (Å²) in [5.74, 6) is -2.37. The smallest absolute Gasteiger partial charge is 0.328 e. The average molecular weight is 471 g/mol. The fraction of sp³-hybridized carbons (Fsp3) is 0.880. The molecule has 0 saturated heterocycles. The largest absolute Gasteiger partial charge is 0.481 e. The Balaban J connectivity index is 4.17. The van der Waals surface area contributed by atoms with E-state index in [4.69, 9.17) is 11.5 Å². The fourth-order valence-electron chi connectivity index (χ4n) is 4.22. The Kier molecular flexibility index (Phi) is 19.4. The fourth-order valence-corrected chi connectivity index (χ4v) is 4.22. The van der Waals surface area contributed by atoms with Gasteiger partial charge in [0, 0.05) is 6.54 Å². The number of rotatable bonds is 23. The molecule has 0 aromatic rings. The van der Waals surface area contributed by atoms with Crippen molar-refractivity contribution in [3.05, 3.63) is 0 Å². The highest BCUT2D eigenvalue weighted by atomic mass is 16.4. The molecule has 0 radical (unpaired) electrons. The molecule has 0 amide bonds. The van der Waals surface area contributed by atoms with Gasteiger partial charge in [0.1, 0.15) is 6.04 Å². The van der Waals surface area contributed by atoms with Crippen molar-refractivity contribution in [1.82, 2.24) is 5.01 Å². The molecule has 0 unspecified atom stereocenters. The Bertz CT molecular complexity index is 538. The van der Waals surface area contributed by atoms with E-state index in [0.29, 0.717) is 38.6 Å². The lowest BCUT2D eigenvalue weighted by molar-refractivity contribution is -0.144. The molecule has 0 aliphatic heterocycles. The molecule has 0 aromatic heterocycles. The number of carboxylic acids is 2. The number of carbonyl (C=O) groups is 2. The van der Waals surface area contributed by atoms with Gasteiger partial charge in [-0.1, -0.05) is 97.3 Å². The lowest BCUT2D eigenvalue weighted by Crippen LogP contribution is -2.41. The van der Waals surface area contributed by atoms with Gasteiger partial charge < -0.3 is 21.7 Å². The van der Waals surface area contributed by atoms with Gasteiger partial charge in [0.05, 0.1) is 5.92 Å². The van der Waals surface area contributed by atoms with Crippen molar-refractivity contribution in [2.24, 2.45) is 22.5 Å². The van der Waals surface area contributed by atoms with Gasteiger partial charge in [-0.3, -0.25) is 9.80 Å². The summed E-state index contributed by atoms with van der Waals surface area (Å²) >= 11 is 0. The van der Waals surface area contributed by atoms with Crippen LogP contribution in [0.2, 0.25) is 0 Å². The van der Waals surface area contributed by atoms with Gasteiger partial charge in [-0.05, 0) is 25.7 Å². The van der Waals surface area contributed by atoms with Gasteiger partial charge >= 0.3 is 11.9 Å². The Labute approximate surface area is 201 Å². The molecule has 0 aliphatic rings. The third kappa shape index (κ3) is 17.2. The zero-order valence-electron chi connectivity index (χ0n) is 21.1. The zero-order chi connectivity index (χ0) is 24.9. The first-order valence-corrected chi connectivity index (χ1v) is 13.1. The van der Waals surface area contributed by atoms with Crippen LogP contribution in [0.4, 0.5) is 0 Å². The molecule has 0 aromatic carbocycles. The van der Waals surface area contributed by atoms with Crippen LogP contribution in [0.1, 0.15) is 123 Å². The average Bonchev–Trinajstić information content (AvgIpc) is 2.75. The molecule has 2 atom stereocenters. The molecule has 0 aliphatic carbocycles. The van der Waals surface area contributed by atoms with E-state index in [2.05, 4.69) is 12.0 Å². The lowest BCUT2D eigenvalue weighted by Gasteiger charge is -2.26. The van der Waals surface area contributed by atoms with Gasteiger partial charge in [-0.2, -0.15) is 0 Å². The third-order valence-corrected chi connectivity index (χ3v) is 6.15. The second-order valence-corrected chi connectivity index (χ2v) is 9.19. The van der Waals surface area contributed by atoms with Crippen LogP contribution in [0.3, 0.4) is 0 Å². The first-order chi connectivity index (χ1) is 15.8. The first kappa shape index (κ1) is 31.0. The van der Waals surface area contributed by atoms with Crippen LogP contribution < -0.4 is 11.5 Å². The predicted octanol–water partition coefficient (Wildman–Crippen LogP) is 5.30. The standard InChI is InChI=1S/C25H50N4O4/c1-3-5-6-7-8-9-10-11-12-13-14-15-18-21(23(30)31)19-16-20-29(28-25(26)27)22(17-4-2)24(32)33/h21-22H,3-20H2,1-2H3,(H,30,31)(H,32,33)(H4,26,27,28)/t21-,22-/m0/s1. The van der Waals surface area contributed by atoms with Crippen LogP contribution in [0.5, 0.6) is 0 Å². The van der Waals surface area contributed by atoms with Crippen molar-refractivity contribution in [3.63, 3.8) is 0 Å². The highest BCUT2D eigenvalue weighted by molar-refractivity contribution is 5.77. The first-order valence-electron chi connectivity index (χ1n) is 13.1. The summed E-state index contributed by atoms with van der Waals surface area (Å²) in [6, 6.07) is -0.809. The van der Waals surface area contributed by atoms with Crippen molar-refractivity contribution in [2.75, 3.05) is 6.54 Å². The third-order valence-electron chi connectivity index (χ3n) is 6.15. The van der Waals surface area contributed by atoms with Gasteiger partial charge in [-0.15, -0.1) is 5.10 Å². The molecule has 0 rings (SSSR count). The van der Waals surface area contributed by atoms with Crippen molar-refractivity contribution in [2.45, 2.75) is 129 Å². The van der Waals surface area contributed by atoms with Gasteiger partial charge in [-0.25, -0.2) is 4.79 Å². The van der Waals surface area contributed by atoms with E-state index < -0.39 is 23.9 Å². The summed E-state index contributed by atoms with van der Waals surface area (Å²) in [5.41, 5.74) is 10.9.